The molecule has 0 saturated carbocycles. The first-order valence-electron chi connectivity index (χ1n) is 6.27. The molecule has 0 amide bonds. The fourth-order valence-corrected chi connectivity index (χ4v) is 2.04. The van der Waals surface area contributed by atoms with Gasteiger partial charge >= 0.3 is 0 Å². The monoisotopic (exact) mass is 242 g/mol. The van der Waals surface area contributed by atoms with Crippen molar-refractivity contribution >= 4 is 11.4 Å². The van der Waals surface area contributed by atoms with E-state index in [9.17, 15) is 4.79 Å². The Morgan fingerprint density at radius 3 is 2.39 bits per heavy atom. The van der Waals surface area contributed by atoms with Crippen LogP contribution in [0, 0.1) is 5.92 Å². The van der Waals surface area contributed by atoms with Crippen molar-refractivity contribution in [2.75, 3.05) is 0 Å². The highest BCUT2D eigenvalue weighted by Crippen LogP contribution is 2.30. The number of ketones is 1. The molecule has 2 heteroatoms. The highest BCUT2D eigenvalue weighted by molar-refractivity contribution is 6.03. The summed E-state index contributed by atoms with van der Waals surface area (Å²) in [6.45, 7) is 5.85. The van der Waals surface area contributed by atoms with E-state index in [0.29, 0.717) is 5.76 Å². The lowest BCUT2D eigenvalue weighted by molar-refractivity contribution is -0.116. The van der Waals surface area contributed by atoms with E-state index in [1.807, 2.05) is 57.2 Å². The number of carbonyl (C=O) groups is 1. The van der Waals surface area contributed by atoms with E-state index < -0.39 is 0 Å². The van der Waals surface area contributed by atoms with Crippen molar-refractivity contribution in [1.29, 1.82) is 0 Å². The summed E-state index contributed by atoms with van der Waals surface area (Å²) in [6.07, 6.45) is 3.64. The molecule has 94 valence electrons. The Morgan fingerprint density at radius 2 is 1.78 bits per heavy atom. The predicted molar refractivity (Wildman–Crippen MR) is 72.9 cm³/mol. The molecule has 1 unspecified atom stereocenters. The topological polar surface area (TPSA) is 26.3 Å². The zero-order valence-corrected chi connectivity index (χ0v) is 11.0. The van der Waals surface area contributed by atoms with Crippen LogP contribution in [0.1, 0.15) is 26.3 Å². The van der Waals surface area contributed by atoms with Crippen molar-refractivity contribution in [1.82, 2.24) is 0 Å². The molecule has 0 N–H and O–H groups in total. The molecule has 1 aliphatic rings. The molecule has 2 nitrogen and oxygen atoms in total. The molecular weight excluding hydrogens is 224 g/mol. The first-order valence-corrected chi connectivity index (χ1v) is 6.27. The molecule has 1 atom stereocenters. The smallest absolute Gasteiger partial charge is 0.166 e. The van der Waals surface area contributed by atoms with Gasteiger partial charge in [0.15, 0.2) is 5.78 Å². The maximum absolute atomic E-state index is 12.0. The summed E-state index contributed by atoms with van der Waals surface area (Å²) in [5.41, 5.74) is 2.11. The Bertz CT molecular complexity index is 495. The Kier molecular flexibility index (Phi) is 3.66. The van der Waals surface area contributed by atoms with Gasteiger partial charge < -0.3 is 4.74 Å². The van der Waals surface area contributed by atoms with E-state index in [1.165, 1.54) is 0 Å². The summed E-state index contributed by atoms with van der Waals surface area (Å²) >= 11 is 0. The highest BCUT2D eigenvalue weighted by atomic mass is 16.5. The molecule has 0 fully saturated rings. The average Bonchev–Trinajstić information content (AvgIpc) is 2.34. The van der Waals surface area contributed by atoms with Crippen LogP contribution in [-0.2, 0) is 9.53 Å². The maximum Gasteiger partial charge on any atom is 0.166 e. The van der Waals surface area contributed by atoms with Gasteiger partial charge in [-0.15, -0.1) is 0 Å². The van der Waals surface area contributed by atoms with Crippen LogP contribution in [-0.4, -0.2) is 11.9 Å². The van der Waals surface area contributed by atoms with Gasteiger partial charge in [0, 0.05) is 12.0 Å². The Morgan fingerprint density at radius 1 is 1.11 bits per heavy atom. The third-order valence-electron chi connectivity index (χ3n) is 2.95. The second-order valence-corrected chi connectivity index (χ2v) is 4.80. The van der Waals surface area contributed by atoms with Crippen LogP contribution in [0.3, 0.4) is 0 Å². The Hall–Kier alpha value is -1.83. The van der Waals surface area contributed by atoms with E-state index in [2.05, 4.69) is 0 Å². The van der Waals surface area contributed by atoms with E-state index >= 15 is 0 Å². The standard InChI is InChI=1S/C16H18O2/c1-11(2)18-14-9-15(12(3)16(17)10-14)13-7-5-4-6-8-13/h4-12H,1-3H3. The van der Waals surface area contributed by atoms with Crippen LogP contribution >= 0.6 is 0 Å². The van der Waals surface area contributed by atoms with Crippen molar-refractivity contribution in [2.24, 2.45) is 5.92 Å². The van der Waals surface area contributed by atoms with Gasteiger partial charge in [0.2, 0.25) is 0 Å². The maximum atomic E-state index is 12.0. The molecule has 0 radical (unpaired) electrons. The van der Waals surface area contributed by atoms with Crippen LogP contribution in [0.15, 0.2) is 48.2 Å². The van der Waals surface area contributed by atoms with Crippen LogP contribution in [0.5, 0.6) is 0 Å². The van der Waals surface area contributed by atoms with Crippen LogP contribution in [0.4, 0.5) is 0 Å². The number of rotatable bonds is 3. The first-order chi connectivity index (χ1) is 8.58. The summed E-state index contributed by atoms with van der Waals surface area (Å²) in [4.78, 5) is 12.0. The third-order valence-corrected chi connectivity index (χ3v) is 2.95. The number of benzene rings is 1. The molecule has 1 aliphatic carbocycles. The van der Waals surface area contributed by atoms with Crippen molar-refractivity contribution in [3.8, 4) is 0 Å². The van der Waals surface area contributed by atoms with Gasteiger partial charge in [-0.3, -0.25) is 4.79 Å². The Balaban J connectivity index is 2.36. The van der Waals surface area contributed by atoms with Crippen molar-refractivity contribution < 1.29 is 9.53 Å². The summed E-state index contributed by atoms with van der Waals surface area (Å²) in [6, 6.07) is 9.98. The molecule has 0 spiro atoms. The molecule has 1 aromatic carbocycles. The lowest BCUT2D eigenvalue weighted by Gasteiger charge is -2.21. The van der Waals surface area contributed by atoms with Crippen molar-refractivity contribution in [3.05, 3.63) is 53.8 Å². The first kappa shape index (κ1) is 12.6. The summed E-state index contributed by atoms with van der Waals surface area (Å²) in [5, 5.41) is 0. The fourth-order valence-electron chi connectivity index (χ4n) is 2.04. The van der Waals surface area contributed by atoms with Crippen molar-refractivity contribution in [2.45, 2.75) is 26.9 Å². The second-order valence-electron chi connectivity index (χ2n) is 4.80. The molecule has 18 heavy (non-hydrogen) atoms. The molecule has 0 saturated heterocycles. The molecule has 0 aromatic heterocycles. The number of hydrogen-bond acceptors (Lipinski definition) is 2. The van der Waals surface area contributed by atoms with Crippen molar-refractivity contribution in [3.63, 3.8) is 0 Å². The minimum atomic E-state index is -0.105. The number of carbonyl (C=O) groups excluding carboxylic acids is 1. The van der Waals surface area contributed by atoms with E-state index in [1.54, 1.807) is 6.08 Å². The normalized spacial score (nSPS) is 19.6. The van der Waals surface area contributed by atoms with Gasteiger partial charge in [0.1, 0.15) is 5.76 Å². The molecule has 2 rings (SSSR count). The lowest BCUT2D eigenvalue weighted by Crippen LogP contribution is -2.17. The summed E-state index contributed by atoms with van der Waals surface area (Å²) in [5.74, 6) is 0.658. The molecule has 1 aromatic rings. The Labute approximate surface area is 108 Å². The number of ether oxygens (including phenoxy) is 1. The number of hydrogen-bond donors (Lipinski definition) is 0. The lowest BCUT2D eigenvalue weighted by atomic mass is 9.86. The summed E-state index contributed by atoms with van der Waals surface area (Å²) in [7, 11) is 0. The van der Waals surface area contributed by atoms with Crippen LogP contribution in [0.25, 0.3) is 5.57 Å². The minimum Gasteiger partial charge on any atom is -0.491 e. The molecule has 0 heterocycles. The van der Waals surface area contributed by atoms with Gasteiger partial charge in [0.05, 0.1) is 6.10 Å². The van der Waals surface area contributed by atoms with E-state index in [0.717, 1.165) is 11.1 Å². The highest BCUT2D eigenvalue weighted by Gasteiger charge is 2.23. The SMILES string of the molecule is CC(C)OC1=CC(=O)C(C)C(c2ccccc2)=C1. The fraction of sp³-hybridized carbons (Fsp3) is 0.312. The second kappa shape index (κ2) is 5.21. The molecular formula is C16H18O2. The van der Waals surface area contributed by atoms with Gasteiger partial charge in [-0.1, -0.05) is 37.3 Å². The molecule has 0 aliphatic heterocycles. The van der Waals surface area contributed by atoms with Gasteiger partial charge in [-0.2, -0.15) is 0 Å². The quantitative estimate of drug-likeness (QED) is 0.809. The zero-order chi connectivity index (χ0) is 13.1. The predicted octanol–water partition coefficient (Wildman–Crippen LogP) is 3.60. The summed E-state index contributed by atoms with van der Waals surface area (Å²) < 4.78 is 5.63. The third kappa shape index (κ3) is 2.70. The molecule has 0 bridgehead atoms. The van der Waals surface area contributed by atoms with E-state index in [4.69, 9.17) is 4.74 Å². The van der Waals surface area contributed by atoms with Gasteiger partial charge in [-0.05, 0) is 31.1 Å². The largest absolute Gasteiger partial charge is 0.491 e. The zero-order valence-electron chi connectivity index (χ0n) is 11.0. The average molecular weight is 242 g/mol. The van der Waals surface area contributed by atoms with Gasteiger partial charge in [0.25, 0.3) is 0 Å². The van der Waals surface area contributed by atoms with Gasteiger partial charge in [-0.25, -0.2) is 0 Å². The number of allylic oxidation sites excluding steroid dienone is 3. The van der Waals surface area contributed by atoms with Crippen LogP contribution in [0.2, 0.25) is 0 Å². The van der Waals surface area contributed by atoms with E-state index in [-0.39, 0.29) is 17.8 Å². The minimum absolute atomic E-state index is 0.0747. The van der Waals surface area contributed by atoms with Crippen LogP contribution < -0.4 is 0 Å².